The second-order valence-corrected chi connectivity index (χ2v) is 4.66. The number of halogens is 1. The number of hydrogen-bond donors (Lipinski definition) is 0. The molecule has 0 aliphatic heterocycles. The van der Waals surface area contributed by atoms with Gasteiger partial charge in [0.1, 0.15) is 0 Å². The summed E-state index contributed by atoms with van der Waals surface area (Å²) >= 11 is 3.55. The Labute approximate surface area is 101 Å². The molecule has 0 atom stereocenters. The van der Waals surface area contributed by atoms with E-state index >= 15 is 0 Å². The molecule has 0 saturated heterocycles. The van der Waals surface area contributed by atoms with Crippen molar-refractivity contribution in [3.63, 3.8) is 0 Å². The lowest BCUT2D eigenvalue weighted by atomic mass is 10.1. The van der Waals surface area contributed by atoms with Crippen LogP contribution in [0, 0.1) is 5.41 Å². The Balaban J connectivity index is 1.77. The molecule has 0 amide bonds. The molecule has 90 valence electrons. The highest BCUT2D eigenvalue weighted by Crippen LogP contribution is 2.49. The van der Waals surface area contributed by atoms with Gasteiger partial charge < -0.3 is 14.2 Å². The van der Waals surface area contributed by atoms with E-state index in [4.69, 9.17) is 14.2 Å². The Morgan fingerprint density at radius 1 is 1.00 bits per heavy atom. The van der Waals surface area contributed by atoms with Gasteiger partial charge in [-0.1, -0.05) is 15.9 Å². The van der Waals surface area contributed by atoms with Gasteiger partial charge in [0.25, 0.3) is 0 Å². The fraction of sp³-hybridized carbons (Fsp3) is 1.00. The highest BCUT2D eigenvalue weighted by molar-refractivity contribution is 9.09. The van der Waals surface area contributed by atoms with Crippen molar-refractivity contribution in [3.05, 3.63) is 0 Å². The molecule has 0 spiro atoms. The number of alkyl halides is 1. The van der Waals surface area contributed by atoms with E-state index in [1.807, 2.05) is 0 Å². The van der Waals surface area contributed by atoms with Gasteiger partial charge in [0, 0.05) is 19.0 Å². The molecular weight excluding hydrogens is 260 g/mol. The molecule has 1 aliphatic rings. The zero-order valence-corrected chi connectivity index (χ0v) is 11.1. The second kappa shape index (κ2) is 7.60. The number of rotatable bonds is 10. The van der Waals surface area contributed by atoms with E-state index in [0.29, 0.717) is 31.8 Å². The van der Waals surface area contributed by atoms with Crippen molar-refractivity contribution in [1.29, 1.82) is 0 Å². The fourth-order valence-corrected chi connectivity index (χ4v) is 2.22. The monoisotopic (exact) mass is 280 g/mol. The van der Waals surface area contributed by atoms with Crippen LogP contribution < -0.4 is 0 Å². The zero-order valence-electron chi connectivity index (χ0n) is 9.47. The lowest BCUT2D eigenvalue weighted by Crippen LogP contribution is -2.11. The van der Waals surface area contributed by atoms with E-state index < -0.39 is 0 Å². The summed E-state index contributed by atoms with van der Waals surface area (Å²) in [5, 5.41) is 1.12. The van der Waals surface area contributed by atoms with Crippen molar-refractivity contribution in [3.8, 4) is 0 Å². The van der Waals surface area contributed by atoms with Crippen molar-refractivity contribution in [1.82, 2.24) is 0 Å². The molecule has 1 aliphatic carbocycles. The molecule has 1 saturated carbocycles. The summed E-state index contributed by atoms with van der Waals surface area (Å²) < 4.78 is 15.7. The summed E-state index contributed by atoms with van der Waals surface area (Å²) in [6.07, 6.45) is 3.88. The first kappa shape index (κ1) is 13.4. The van der Waals surface area contributed by atoms with E-state index in [2.05, 4.69) is 15.9 Å². The first-order valence-corrected chi connectivity index (χ1v) is 6.65. The Kier molecular flexibility index (Phi) is 6.81. The van der Waals surface area contributed by atoms with Crippen LogP contribution in [0.15, 0.2) is 0 Å². The minimum atomic E-state index is 0.566. The van der Waals surface area contributed by atoms with Gasteiger partial charge in [-0.15, -0.1) is 0 Å². The zero-order chi connectivity index (χ0) is 11.0. The van der Waals surface area contributed by atoms with Crippen LogP contribution >= 0.6 is 15.9 Å². The van der Waals surface area contributed by atoms with E-state index in [0.717, 1.165) is 11.9 Å². The van der Waals surface area contributed by atoms with Gasteiger partial charge in [-0.2, -0.15) is 0 Å². The minimum absolute atomic E-state index is 0.566. The first-order valence-electron chi connectivity index (χ1n) is 5.53. The lowest BCUT2D eigenvalue weighted by Gasteiger charge is -2.11. The standard InChI is InChI=1S/C11H21BrO3/c1-13-6-7-15-9-8-14-5-4-11(10-12)2-3-11/h2-10H2,1H3. The van der Waals surface area contributed by atoms with Crippen molar-refractivity contribution >= 4 is 15.9 Å². The molecule has 0 radical (unpaired) electrons. The first-order chi connectivity index (χ1) is 7.33. The molecule has 0 aromatic rings. The van der Waals surface area contributed by atoms with Gasteiger partial charge >= 0.3 is 0 Å². The van der Waals surface area contributed by atoms with E-state index in [9.17, 15) is 0 Å². The molecule has 0 N–H and O–H groups in total. The largest absolute Gasteiger partial charge is 0.382 e. The molecule has 1 fully saturated rings. The van der Waals surface area contributed by atoms with Gasteiger partial charge in [-0.25, -0.2) is 0 Å². The lowest BCUT2D eigenvalue weighted by molar-refractivity contribution is 0.0217. The second-order valence-electron chi connectivity index (χ2n) is 4.10. The normalized spacial score (nSPS) is 18.0. The fourth-order valence-electron chi connectivity index (χ4n) is 1.38. The molecule has 3 nitrogen and oxygen atoms in total. The molecule has 0 aromatic heterocycles. The Morgan fingerprint density at radius 2 is 1.60 bits per heavy atom. The maximum Gasteiger partial charge on any atom is 0.0701 e. The summed E-state index contributed by atoms with van der Waals surface area (Å²) in [5.41, 5.74) is 0.566. The van der Waals surface area contributed by atoms with Crippen LogP contribution in [0.2, 0.25) is 0 Å². The molecular formula is C11H21BrO3. The third kappa shape index (κ3) is 5.85. The van der Waals surface area contributed by atoms with Crippen LogP contribution in [-0.4, -0.2) is 45.5 Å². The summed E-state index contributed by atoms with van der Waals surface area (Å²) in [5.74, 6) is 0. The average molecular weight is 281 g/mol. The summed E-state index contributed by atoms with van der Waals surface area (Å²) in [6, 6.07) is 0. The van der Waals surface area contributed by atoms with Gasteiger partial charge in [0.15, 0.2) is 0 Å². The van der Waals surface area contributed by atoms with Crippen LogP contribution in [-0.2, 0) is 14.2 Å². The highest BCUT2D eigenvalue weighted by Gasteiger charge is 2.40. The molecule has 0 unspecified atom stereocenters. The summed E-state index contributed by atoms with van der Waals surface area (Å²) in [6.45, 7) is 3.55. The molecule has 15 heavy (non-hydrogen) atoms. The summed E-state index contributed by atoms with van der Waals surface area (Å²) in [7, 11) is 1.68. The Bertz CT molecular complexity index is 160. The molecule has 1 rings (SSSR count). The molecule has 0 bridgehead atoms. The van der Waals surface area contributed by atoms with Gasteiger partial charge in [0.2, 0.25) is 0 Å². The van der Waals surface area contributed by atoms with Crippen LogP contribution in [0.4, 0.5) is 0 Å². The SMILES string of the molecule is COCCOCCOCCC1(CBr)CC1. The van der Waals surface area contributed by atoms with Crippen molar-refractivity contribution in [2.45, 2.75) is 19.3 Å². The third-order valence-electron chi connectivity index (χ3n) is 2.82. The van der Waals surface area contributed by atoms with Gasteiger partial charge in [0.05, 0.1) is 26.4 Å². The molecule has 4 heteroatoms. The third-order valence-corrected chi connectivity index (χ3v) is 4.01. The number of hydrogen-bond acceptors (Lipinski definition) is 3. The van der Waals surface area contributed by atoms with Crippen LogP contribution in [0.3, 0.4) is 0 Å². The van der Waals surface area contributed by atoms with E-state index in [1.54, 1.807) is 7.11 Å². The maximum atomic E-state index is 5.50. The Hall–Kier alpha value is 0.360. The van der Waals surface area contributed by atoms with Crippen LogP contribution in [0.1, 0.15) is 19.3 Å². The topological polar surface area (TPSA) is 27.7 Å². The maximum absolute atomic E-state index is 5.50. The molecule has 0 heterocycles. The Morgan fingerprint density at radius 3 is 2.13 bits per heavy atom. The van der Waals surface area contributed by atoms with Gasteiger partial charge in [-0.3, -0.25) is 0 Å². The number of methoxy groups -OCH3 is 1. The average Bonchev–Trinajstić information content (AvgIpc) is 3.03. The highest BCUT2D eigenvalue weighted by atomic mass is 79.9. The van der Waals surface area contributed by atoms with E-state index in [-0.39, 0.29) is 0 Å². The molecule has 0 aromatic carbocycles. The minimum Gasteiger partial charge on any atom is -0.382 e. The smallest absolute Gasteiger partial charge is 0.0701 e. The quantitative estimate of drug-likeness (QED) is 0.454. The van der Waals surface area contributed by atoms with Crippen LogP contribution in [0.5, 0.6) is 0 Å². The van der Waals surface area contributed by atoms with E-state index in [1.165, 1.54) is 19.3 Å². The summed E-state index contributed by atoms with van der Waals surface area (Å²) in [4.78, 5) is 0. The predicted octanol–water partition coefficient (Wildman–Crippen LogP) is 2.23. The predicted molar refractivity (Wildman–Crippen MR) is 63.6 cm³/mol. The number of ether oxygens (including phenoxy) is 3. The van der Waals surface area contributed by atoms with Crippen molar-refractivity contribution in [2.75, 3.05) is 45.5 Å². The van der Waals surface area contributed by atoms with Gasteiger partial charge in [-0.05, 0) is 24.7 Å². The van der Waals surface area contributed by atoms with Crippen molar-refractivity contribution in [2.24, 2.45) is 5.41 Å². The van der Waals surface area contributed by atoms with Crippen molar-refractivity contribution < 1.29 is 14.2 Å². The van der Waals surface area contributed by atoms with Crippen LogP contribution in [0.25, 0.3) is 0 Å².